The fourth-order valence-electron chi connectivity index (χ4n) is 2.89. The number of cyclic esters (lactones) is 1. The third-order valence-corrected chi connectivity index (χ3v) is 6.38. The number of hydrogen-bond acceptors (Lipinski definition) is 4. The molecule has 0 spiro atoms. The van der Waals surface area contributed by atoms with Crippen molar-refractivity contribution in [2.75, 3.05) is 0 Å². The zero-order valence-corrected chi connectivity index (χ0v) is 21.6. The Hall–Kier alpha value is -1.79. The SMILES string of the molecule is O=C1OC(c2cccc(F)c2)=N/C1=C\c1cc(I)c(OCc2cccc(Br)c2)c(I)c1. The first-order chi connectivity index (χ1) is 14.9. The molecule has 8 heteroatoms. The minimum absolute atomic E-state index is 0.0918. The number of esters is 1. The van der Waals surface area contributed by atoms with Crippen LogP contribution in [-0.2, 0) is 16.1 Å². The van der Waals surface area contributed by atoms with Gasteiger partial charge in [-0.25, -0.2) is 14.2 Å². The zero-order valence-electron chi connectivity index (χ0n) is 15.7. The molecule has 1 aliphatic heterocycles. The largest absolute Gasteiger partial charge is 0.487 e. The van der Waals surface area contributed by atoms with E-state index in [1.807, 2.05) is 36.4 Å². The monoisotopic (exact) mass is 703 g/mol. The summed E-state index contributed by atoms with van der Waals surface area (Å²) in [6, 6.07) is 17.6. The van der Waals surface area contributed by atoms with Gasteiger partial charge in [-0.15, -0.1) is 0 Å². The summed E-state index contributed by atoms with van der Waals surface area (Å²) in [5, 5.41) is 0. The van der Waals surface area contributed by atoms with Gasteiger partial charge in [-0.1, -0.05) is 34.1 Å². The van der Waals surface area contributed by atoms with E-state index in [0.29, 0.717) is 12.2 Å². The Labute approximate surface area is 214 Å². The Morgan fingerprint density at radius 1 is 1.06 bits per heavy atom. The first kappa shape index (κ1) is 22.4. The van der Waals surface area contributed by atoms with Crippen LogP contribution in [0.1, 0.15) is 16.7 Å². The number of ether oxygens (including phenoxy) is 2. The number of carbonyl (C=O) groups excluding carboxylic acids is 1. The fraction of sp³-hybridized carbons (Fsp3) is 0.0435. The molecule has 0 bridgehead atoms. The Kier molecular flexibility index (Phi) is 7.07. The highest BCUT2D eigenvalue weighted by Crippen LogP contribution is 2.31. The molecule has 0 atom stereocenters. The normalized spacial score (nSPS) is 14.5. The third-order valence-electron chi connectivity index (χ3n) is 4.29. The van der Waals surface area contributed by atoms with Crippen LogP contribution in [0, 0.1) is 13.0 Å². The lowest BCUT2D eigenvalue weighted by Crippen LogP contribution is -2.05. The van der Waals surface area contributed by atoms with Crippen LogP contribution in [0.4, 0.5) is 4.39 Å². The summed E-state index contributed by atoms with van der Waals surface area (Å²) >= 11 is 7.88. The second kappa shape index (κ2) is 9.78. The van der Waals surface area contributed by atoms with Gasteiger partial charge < -0.3 is 9.47 Å². The summed E-state index contributed by atoms with van der Waals surface area (Å²) in [6.45, 7) is 0.444. The Morgan fingerprint density at radius 2 is 1.81 bits per heavy atom. The maximum atomic E-state index is 13.5. The van der Waals surface area contributed by atoms with E-state index in [2.05, 4.69) is 66.1 Å². The minimum Gasteiger partial charge on any atom is -0.487 e. The maximum absolute atomic E-state index is 13.5. The second-order valence-corrected chi connectivity index (χ2v) is 9.82. The van der Waals surface area contributed by atoms with E-state index in [1.165, 1.54) is 12.1 Å². The molecule has 0 saturated heterocycles. The van der Waals surface area contributed by atoms with Crippen molar-refractivity contribution in [3.05, 3.63) is 100 Å². The molecule has 0 radical (unpaired) electrons. The number of nitrogens with zero attached hydrogens (tertiary/aromatic N) is 1. The van der Waals surface area contributed by atoms with Crippen molar-refractivity contribution >= 4 is 79.1 Å². The lowest BCUT2D eigenvalue weighted by molar-refractivity contribution is -0.129. The average Bonchev–Trinajstić information content (AvgIpc) is 3.08. The molecule has 0 fully saturated rings. The van der Waals surface area contributed by atoms with E-state index in [9.17, 15) is 9.18 Å². The van der Waals surface area contributed by atoms with Crippen molar-refractivity contribution in [1.29, 1.82) is 0 Å². The van der Waals surface area contributed by atoms with Crippen molar-refractivity contribution in [1.82, 2.24) is 0 Å². The van der Waals surface area contributed by atoms with Gasteiger partial charge in [0.2, 0.25) is 5.90 Å². The van der Waals surface area contributed by atoms with Gasteiger partial charge in [-0.3, -0.25) is 0 Å². The average molecular weight is 704 g/mol. The van der Waals surface area contributed by atoms with E-state index < -0.39 is 11.8 Å². The predicted octanol–water partition coefficient (Wildman–Crippen LogP) is 6.72. The molecule has 0 saturated carbocycles. The number of hydrogen-bond donors (Lipinski definition) is 0. The molecule has 1 aliphatic rings. The summed E-state index contributed by atoms with van der Waals surface area (Å²) in [6.07, 6.45) is 1.65. The van der Waals surface area contributed by atoms with Gasteiger partial charge in [0.25, 0.3) is 0 Å². The number of halogens is 4. The molecule has 31 heavy (non-hydrogen) atoms. The molecule has 156 valence electrons. The highest BCUT2D eigenvalue weighted by atomic mass is 127. The molecule has 3 aromatic rings. The van der Waals surface area contributed by atoms with Crippen molar-refractivity contribution < 1.29 is 18.7 Å². The highest BCUT2D eigenvalue weighted by molar-refractivity contribution is 14.1. The Morgan fingerprint density at radius 3 is 2.52 bits per heavy atom. The van der Waals surface area contributed by atoms with E-state index >= 15 is 0 Å². The minimum atomic E-state index is -0.570. The molecule has 0 aliphatic carbocycles. The predicted molar refractivity (Wildman–Crippen MR) is 137 cm³/mol. The van der Waals surface area contributed by atoms with E-state index in [1.54, 1.807) is 18.2 Å². The molecule has 0 amide bonds. The second-order valence-electron chi connectivity index (χ2n) is 6.58. The van der Waals surface area contributed by atoms with Crippen LogP contribution in [0.2, 0.25) is 0 Å². The highest BCUT2D eigenvalue weighted by Gasteiger charge is 2.24. The van der Waals surface area contributed by atoms with E-state index in [4.69, 9.17) is 9.47 Å². The molecule has 4 rings (SSSR count). The molecule has 0 unspecified atom stereocenters. The smallest absolute Gasteiger partial charge is 0.363 e. The van der Waals surface area contributed by atoms with Crippen molar-refractivity contribution in [3.63, 3.8) is 0 Å². The van der Waals surface area contributed by atoms with Gasteiger partial charge >= 0.3 is 5.97 Å². The van der Waals surface area contributed by atoms with Gasteiger partial charge in [-0.2, -0.15) is 0 Å². The quantitative estimate of drug-likeness (QED) is 0.169. The third kappa shape index (κ3) is 5.53. The molecule has 3 aromatic carbocycles. The fourth-order valence-corrected chi connectivity index (χ4v) is 5.47. The molecule has 0 aromatic heterocycles. The van der Waals surface area contributed by atoms with Crippen LogP contribution in [-0.4, -0.2) is 11.9 Å². The van der Waals surface area contributed by atoms with Crippen molar-refractivity contribution in [2.24, 2.45) is 4.99 Å². The van der Waals surface area contributed by atoms with Gasteiger partial charge in [0.1, 0.15) is 18.2 Å². The standard InChI is InChI=1S/C23H13BrFI2NO3/c24-16-5-1-3-13(7-16)12-30-21-18(26)8-14(9-19(21)27)10-20-23(29)31-22(28-20)15-4-2-6-17(25)11-15/h1-11H,12H2/b20-10-. The molecule has 0 N–H and O–H groups in total. The number of carbonyl (C=O) groups is 1. The molecule has 1 heterocycles. The van der Waals surface area contributed by atoms with Crippen LogP contribution >= 0.6 is 61.1 Å². The summed E-state index contributed by atoms with van der Waals surface area (Å²) < 4.78 is 27.5. The number of rotatable bonds is 5. The van der Waals surface area contributed by atoms with Crippen LogP contribution in [0.15, 0.2) is 75.8 Å². The summed E-state index contributed by atoms with van der Waals surface area (Å²) in [5.74, 6) is -0.120. The Bertz CT molecular complexity index is 1220. The summed E-state index contributed by atoms with van der Waals surface area (Å²) in [7, 11) is 0. The van der Waals surface area contributed by atoms with Crippen LogP contribution in [0.5, 0.6) is 5.75 Å². The number of benzene rings is 3. The van der Waals surface area contributed by atoms with Gasteiger partial charge in [0, 0.05) is 10.0 Å². The van der Waals surface area contributed by atoms with Crippen LogP contribution in [0.25, 0.3) is 6.08 Å². The lowest BCUT2D eigenvalue weighted by Gasteiger charge is -2.12. The molecular formula is C23H13BrFI2NO3. The topological polar surface area (TPSA) is 47.9 Å². The molecule has 4 nitrogen and oxygen atoms in total. The first-order valence-corrected chi connectivity index (χ1v) is 12.0. The van der Waals surface area contributed by atoms with Crippen molar-refractivity contribution in [3.8, 4) is 5.75 Å². The number of aliphatic imine (C=N–C) groups is 1. The summed E-state index contributed by atoms with van der Waals surface area (Å²) in [5.41, 5.74) is 2.42. The molecular weight excluding hydrogens is 691 g/mol. The van der Waals surface area contributed by atoms with Crippen LogP contribution < -0.4 is 4.74 Å². The lowest BCUT2D eigenvalue weighted by atomic mass is 10.2. The maximum Gasteiger partial charge on any atom is 0.363 e. The first-order valence-electron chi connectivity index (χ1n) is 9.04. The van der Waals surface area contributed by atoms with Crippen molar-refractivity contribution in [2.45, 2.75) is 6.61 Å². The summed E-state index contributed by atoms with van der Waals surface area (Å²) in [4.78, 5) is 16.5. The van der Waals surface area contributed by atoms with E-state index in [0.717, 1.165) is 28.5 Å². The van der Waals surface area contributed by atoms with Crippen LogP contribution in [0.3, 0.4) is 0 Å². The zero-order chi connectivity index (χ0) is 22.0. The Balaban J connectivity index is 1.56. The van der Waals surface area contributed by atoms with Gasteiger partial charge in [0.15, 0.2) is 5.70 Å². The van der Waals surface area contributed by atoms with Gasteiger partial charge in [0.05, 0.1) is 7.14 Å². The van der Waals surface area contributed by atoms with Gasteiger partial charge in [-0.05, 0) is 105 Å². The van der Waals surface area contributed by atoms with E-state index in [-0.39, 0.29) is 11.6 Å².